The topological polar surface area (TPSA) is 85.3 Å². The third-order valence-corrected chi connectivity index (χ3v) is 3.70. The van der Waals surface area contributed by atoms with Crippen molar-refractivity contribution in [1.29, 1.82) is 0 Å². The van der Waals surface area contributed by atoms with Crippen LogP contribution in [-0.4, -0.2) is 25.4 Å². The van der Waals surface area contributed by atoms with Gasteiger partial charge in [-0.1, -0.05) is 17.3 Å². The summed E-state index contributed by atoms with van der Waals surface area (Å²) in [5.41, 5.74) is 3.91. The summed E-state index contributed by atoms with van der Waals surface area (Å²) in [6, 6.07) is 8.91. The lowest BCUT2D eigenvalue weighted by Crippen LogP contribution is -2.12. The second-order valence-corrected chi connectivity index (χ2v) is 5.36. The fourth-order valence-corrected chi connectivity index (χ4v) is 2.55. The van der Waals surface area contributed by atoms with Crippen LogP contribution in [0, 0.1) is 6.92 Å². The number of rotatable bonds is 3. The van der Waals surface area contributed by atoms with E-state index in [0.29, 0.717) is 17.1 Å². The van der Waals surface area contributed by atoms with Crippen LogP contribution in [0.1, 0.15) is 15.9 Å². The van der Waals surface area contributed by atoms with E-state index < -0.39 is 0 Å². The second kappa shape index (κ2) is 5.62. The summed E-state index contributed by atoms with van der Waals surface area (Å²) < 4.78 is 6.60. The highest BCUT2D eigenvalue weighted by Crippen LogP contribution is 2.18. The molecule has 4 aromatic rings. The normalized spacial score (nSPS) is 10.9. The molecule has 0 unspecified atom stereocenters. The molecule has 0 fully saturated rings. The summed E-state index contributed by atoms with van der Waals surface area (Å²) >= 11 is 0. The maximum Gasteiger partial charge on any atom is 0.255 e. The van der Waals surface area contributed by atoms with E-state index in [9.17, 15) is 4.79 Å². The average molecular weight is 319 g/mol. The van der Waals surface area contributed by atoms with Gasteiger partial charge in [0.05, 0.1) is 5.69 Å². The minimum absolute atomic E-state index is 0.187. The monoisotopic (exact) mass is 319 g/mol. The maximum atomic E-state index is 12.4. The van der Waals surface area contributed by atoms with Crippen LogP contribution in [0.5, 0.6) is 0 Å². The van der Waals surface area contributed by atoms with Crippen molar-refractivity contribution >= 4 is 17.2 Å². The van der Waals surface area contributed by atoms with Crippen molar-refractivity contribution < 1.29 is 9.32 Å². The third-order valence-electron chi connectivity index (χ3n) is 3.70. The first-order valence-electron chi connectivity index (χ1n) is 7.32. The van der Waals surface area contributed by atoms with Gasteiger partial charge in [-0.05, 0) is 30.7 Å². The number of hydrogen-bond donors (Lipinski definition) is 1. The molecule has 0 spiro atoms. The number of anilines is 1. The molecule has 0 radical (unpaired) electrons. The van der Waals surface area contributed by atoms with E-state index in [0.717, 1.165) is 16.8 Å². The smallest absolute Gasteiger partial charge is 0.255 e. The molecule has 1 aromatic carbocycles. The zero-order valence-electron chi connectivity index (χ0n) is 12.8. The van der Waals surface area contributed by atoms with Gasteiger partial charge < -0.3 is 14.2 Å². The van der Waals surface area contributed by atoms with Crippen molar-refractivity contribution in [1.82, 2.24) is 19.5 Å². The molecule has 0 aliphatic heterocycles. The Labute approximate surface area is 137 Å². The number of hydrogen-bond acceptors (Lipinski definition) is 5. The van der Waals surface area contributed by atoms with E-state index in [2.05, 4.69) is 20.4 Å². The number of imidazole rings is 1. The van der Waals surface area contributed by atoms with Crippen LogP contribution in [-0.2, 0) is 0 Å². The fourth-order valence-electron chi connectivity index (χ4n) is 2.55. The minimum Gasteiger partial charge on any atom is -0.342 e. The summed E-state index contributed by atoms with van der Waals surface area (Å²) in [6.45, 7) is 1.96. The van der Waals surface area contributed by atoms with E-state index in [1.165, 1.54) is 6.39 Å². The van der Waals surface area contributed by atoms with Gasteiger partial charge in [-0.25, -0.2) is 4.98 Å². The van der Waals surface area contributed by atoms with Crippen LogP contribution in [0.3, 0.4) is 0 Å². The highest BCUT2D eigenvalue weighted by atomic mass is 16.5. The molecule has 7 nitrogen and oxygen atoms in total. The van der Waals surface area contributed by atoms with Crippen molar-refractivity contribution in [3.8, 4) is 11.4 Å². The largest absolute Gasteiger partial charge is 0.342 e. The second-order valence-electron chi connectivity index (χ2n) is 5.36. The minimum atomic E-state index is -0.187. The standard InChI is InChI=1S/C17H13N5O2/c1-11-8-14(9-22-7-6-18-16(11)22)20-17(23)13-4-2-12(3-5-13)15-19-10-24-21-15/h2-10H,1H3,(H,20,23). The van der Waals surface area contributed by atoms with Gasteiger partial charge in [-0.15, -0.1) is 0 Å². The highest BCUT2D eigenvalue weighted by Gasteiger charge is 2.10. The number of pyridine rings is 1. The molecular formula is C17H13N5O2. The Balaban J connectivity index is 1.56. The Morgan fingerprint density at radius 3 is 2.79 bits per heavy atom. The van der Waals surface area contributed by atoms with E-state index in [4.69, 9.17) is 4.52 Å². The van der Waals surface area contributed by atoms with Crippen molar-refractivity contribution in [3.63, 3.8) is 0 Å². The number of aromatic nitrogens is 4. The molecule has 24 heavy (non-hydrogen) atoms. The van der Waals surface area contributed by atoms with Crippen LogP contribution in [0.25, 0.3) is 17.0 Å². The Morgan fingerprint density at radius 1 is 1.21 bits per heavy atom. The zero-order valence-corrected chi connectivity index (χ0v) is 12.8. The number of carbonyl (C=O) groups is 1. The fraction of sp³-hybridized carbons (Fsp3) is 0.0588. The van der Waals surface area contributed by atoms with Crippen LogP contribution in [0.15, 0.2) is 59.8 Å². The van der Waals surface area contributed by atoms with Crippen molar-refractivity contribution in [2.24, 2.45) is 0 Å². The number of aryl methyl sites for hydroxylation is 1. The summed E-state index contributed by atoms with van der Waals surface area (Å²) in [6.07, 6.45) is 6.67. The maximum absolute atomic E-state index is 12.4. The summed E-state index contributed by atoms with van der Waals surface area (Å²) in [5.74, 6) is 0.302. The van der Waals surface area contributed by atoms with Crippen LogP contribution in [0.4, 0.5) is 5.69 Å². The van der Waals surface area contributed by atoms with Gasteiger partial charge in [-0.3, -0.25) is 4.79 Å². The molecule has 1 amide bonds. The van der Waals surface area contributed by atoms with E-state index in [1.807, 2.05) is 29.8 Å². The molecular weight excluding hydrogens is 306 g/mol. The quantitative estimate of drug-likeness (QED) is 0.627. The molecule has 7 heteroatoms. The predicted octanol–water partition coefficient (Wildman–Crippen LogP) is 2.95. The number of fused-ring (bicyclic) bond motifs is 1. The molecule has 0 saturated heterocycles. The molecule has 3 aromatic heterocycles. The molecule has 0 atom stereocenters. The molecule has 4 rings (SSSR count). The van der Waals surface area contributed by atoms with Gasteiger partial charge in [-0.2, -0.15) is 4.98 Å². The Kier molecular flexibility index (Phi) is 3.31. The molecule has 0 bridgehead atoms. The lowest BCUT2D eigenvalue weighted by atomic mass is 10.1. The average Bonchev–Trinajstić information content (AvgIpc) is 3.26. The highest BCUT2D eigenvalue weighted by molar-refractivity contribution is 6.04. The number of nitrogens with zero attached hydrogens (tertiary/aromatic N) is 4. The van der Waals surface area contributed by atoms with Gasteiger partial charge in [0.1, 0.15) is 5.65 Å². The van der Waals surface area contributed by atoms with Gasteiger partial charge >= 0.3 is 0 Å². The summed E-state index contributed by atoms with van der Waals surface area (Å²) in [4.78, 5) is 20.6. The van der Waals surface area contributed by atoms with Gasteiger partial charge in [0.15, 0.2) is 0 Å². The summed E-state index contributed by atoms with van der Waals surface area (Å²) in [7, 11) is 0. The zero-order chi connectivity index (χ0) is 16.5. The molecule has 0 saturated carbocycles. The third kappa shape index (κ3) is 2.52. The SMILES string of the molecule is Cc1cc(NC(=O)c2ccc(-c3ncon3)cc2)cn2ccnc12. The van der Waals surface area contributed by atoms with Gasteiger partial charge in [0, 0.05) is 29.7 Å². The Hall–Kier alpha value is -3.48. The number of carbonyl (C=O) groups excluding carboxylic acids is 1. The van der Waals surface area contributed by atoms with Crippen LogP contribution >= 0.6 is 0 Å². The number of amides is 1. The first kappa shape index (κ1) is 14.1. The van der Waals surface area contributed by atoms with E-state index in [1.54, 1.807) is 30.5 Å². The van der Waals surface area contributed by atoms with Crippen molar-refractivity contribution in [3.05, 3.63) is 66.4 Å². The number of benzene rings is 1. The lowest BCUT2D eigenvalue weighted by molar-refractivity contribution is 0.102. The first-order chi connectivity index (χ1) is 11.7. The summed E-state index contributed by atoms with van der Waals surface area (Å²) in [5, 5.41) is 6.66. The van der Waals surface area contributed by atoms with Crippen LogP contribution < -0.4 is 5.32 Å². The van der Waals surface area contributed by atoms with Crippen molar-refractivity contribution in [2.75, 3.05) is 5.32 Å². The molecule has 1 N–H and O–H groups in total. The Morgan fingerprint density at radius 2 is 2.04 bits per heavy atom. The van der Waals surface area contributed by atoms with Crippen LogP contribution in [0.2, 0.25) is 0 Å². The van der Waals surface area contributed by atoms with Gasteiger partial charge in [0.2, 0.25) is 12.2 Å². The molecule has 0 aliphatic carbocycles. The number of nitrogens with one attached hydrogen (secondary N) is 1. The van der Waals surface area contributed by atoms with Gasteiger partial charge in [0.25, 0.3) is 5.91 Å². The Bertz CT molecular complexity index is 1000. The molecule has 0 aliphatic rings. The molecule has 118 valence electrons. The first-order valence-corrected chi connectivity index (χ1v) is 7.32. The van der Waals surface area contributed by atoms with E-state index in [-0.39, 0.29) is 5.91 Å². The molecule has 3 heterocycles. The predicted molar refractivity (Wildman–Crippen MR) is 87.6 cm³/mol. The lowest BCUT2D eigenvalue weighted by Gasteiger charge is -2.08. The van der Waals surface area contributed by atoms with E-state index >= 15 is 0 Å². The van der Waals surface area contributed by atoms with Crippen molar-refractivity contribution in [2.45, 2.75) is 6.92 Å².